The van der Waals surface area contributed by atoms with E-state index in [1.54, 1.807) is 4.90 Å². The van der Waals surface area contributed by atoms with Crippen molar-refractivity contribution < 1.29 is 34.0 Å². The van der Waals surface area contributed by atoms with Crippen molar-refractivity contribution in [1.29, 1.82) is 0 Å². The Bertz CT molecular complexity index is 339. The molecule has 0 spiro atoms. The average Bonchev–Trinajstić information content (AvgIpc) is 2.57. The molecule has 0 saturated carbocycles. The number of carboxylic acid groups (broad SMARTS) is 2. The summed E-state index contributed by atoms with van der Waals surface area (Å²) in [5, 5.41) is 17.9. The summed E-state index contributed by atoms with van der Waals surface area (Å²) in [5.74, 6) is -1.69. The van der Waals surface area contributed by atoms with Gasteiger partial charge in [-0.15, -0.1) is 0 Å². The van der Waals surface area contributed by atoms with E-state index in [4.69, 9.17) is 24.4 Å². The third-order valence-electron chi connectivity index (χ3n) is 4.01. The molecule has 1 aliphatic heterocycles. The summed E-state index contributed by atoms with van der Waals surface area (Å²) >= 11 is 0. The first-order chi connectivity index (χ1) is 12.6. The quantitative estimate of drug-likeness (QED) is 0.700. The number of carbonyl (C=O) groups is 2. The molecule has 26 heavy (non-hydrogen) atoms. The minimum Gasteiger partial charge on any atom is -0.480 e. The third-order valence-corrected chi connectivity index (χ3v) is 4.01. The van der Waals surface area contributed by atoms with E-state index in [1.807, 2.05) is 4.90 Å². The lowest BCUT2D eigenvalue weighted by Crippen LogP contribution is -2.36. The van der Waals surface area contributed by atoms with E-state index in [9.17, 15) is 9.59 Å². The second-order valence-electron chi connectivity index (χ2n) is 6.24. The fourth-order valence-corrected chi connectivity index (χ4v) is 2.64. The van der Waals surface area contributed by atoms with Crippen molar-refractivity contribution in [1.82, 2.24) is 9.80 Å². The fourth-order valence-electron chi connectivity index (χ4n) is 2.64. The lowest BCUT2D eigenvalue weighted by molar-refractivity contribution is -0.139. The van der Waals surface area contributed by atoms with Gasteiger partial charge in [0.05, 0.1) is 46.1 Å². The Kier molecular flexibility index (Phi) is 13.0. The van der Waals surface area contributed by atoms with Crippen LogP contribution in [0.1, 0.15) is 19.3 Å². The molecule has 9 nitrogen and oxygen atoms in total. The maximum absolute atomic E-state index is 10.9. The molecule has 1 rings (SSSR count). The first-order valence-electron chi connectivity index (χ1n) is 9.19. The van der Waals surface area contributed by atoms with Crippen molar-refractivity contribution in [3.63, 3.8) is 0 Å². The van der Waals surface area contributed by atoms with Gasteiger partial charge in [0.25, 0.3) is 0 Å². The molecule has 1 aliphatic rings. The Hall–Kier alpha value is -1.26. The van der Waals surface area contributed by atoms with E-state index in [0.717, 1.165) is 25.8 Å². The maximum atomic E-state index is 10.9. The van der Waals surface area contributed by atoms with Crippen molar-refractivity contribution in [2.75, 3.05) is 78.9 Å². The zero-order chi connectivity index (χ0) is 19.0. The van der Waals surface area contributed by atoms with Crippen LogP contribution < -0.4 is 0 Å². The molecule has 0 bridgehead atoms. The van der Waals surface area contributed by atoms with E-state index < -0.39 is 11.9 Å². The van der Waals surface area contributed by atoms with Crippen LogP contribution in [0.4, 0.5) is 0 Å². The first kappa shape index (κ1) is 22.8. The molecule has 2 N–H and O–H groups in total. The fraction of sp³-hybridized carbons (Fsp3) is 0.882. The topological polar surface area (TPSA) is 109 Å². The molecule has 1 heterocycles. The molecular formula is C17H32N2O7. The molecule has 0 amide bonds. The van der Waals surface area contributed by atoms with Gasteiger partial charge >= 0.3 is 11.9 Å². The summed E-state index contributed by atoms with van der Waals surface area (Å²) in [4.78, 5) is 25.5. The van der Waals surface area contributed by atoms with Crippen molar-refractivity contribution in [2.45, 2.75) is 19.3 Å². The lowest BCUT2D eigenvalue weighted by atomic mass is 10.2. The summed E-state index contributed by atoms with van der Waals surface area (Å²) in [7, 11) is 0. The average molecular weight is 376 g/mol. The summed E-state index contributed by atoms with van der Waals surface area (Å²) in [6.45, 7) is 5.25. The standard InChI is InChI=1S/C17H32N2O7/c20-16(21)14-18-4-2-1-3-8-24-9-6-19(15-17(22)23)7-11-26-13-12-25-10-5-18/h1-15H2,(H,20,21)(H,22,23). The van der Waals surface area contributed by atoms with Crippen LogP contribution in [-0.2, 0) is 23.8 Å². The van der Waals surface area contributed by atoms with Gasteiger partial charge in [0.1, 0.15) is 0 Å². The van der Waals surface area contributed by atoms with Crippen LogP contribution in [0.5, 0.6) is 0 Å². The molecule has 0 aromatic rings. The van der Waals surface area contributed by atoms with Gasteiger partial charge in [-0.3, -0.25) is 19.4 Å². The monoisotopic (exact) mass is 376 g/mol. The van der Waals surface area contributed by atoms with Crippen LogP contribution in [0.25, 0.3) is 0 Å². The number of rotatable bonds is 4. The highest BCUT2D eigenvalue weighted by atomic mass is 16.5. The molecule has 0 unspecified atom stereocenters. The molecule has 0 atom stereocenters. The SMILES string of the molecule is O=C(O)CN1CCCCCOCCN(CC(=O)O)CCOCCOCC1. The summed E-state index contributed by atoms with van der Waals surface area (Å²) < 4.78 is 16.5. The molecule has 9 heteroatoms. The Morgan fingerprint density at radius 2 is 1.08 bits per heavy atom. The molecule has 0 aromatic heterocycles. The molecule has 0 radical (unpaired) electrons. The van der Waals surface area contributed by atoms with E-state index in [0.29, 0.717) is 59.3 Å². The van der Waals surface area contributed by atoms with Gasteiger partial charge in [0, 0.05) is 26.2 Å². The number of hydrogen-bond acceptors (Lipinski definition) is 7. The predicted molar refractivity (Wildman–Crippen MR) is 94.5 cm³/mol. The second-order valence-corrected chi connectivity index (χ2v) is 6.24. The van der Waals surface area contributed by atoms with E-state index in [1.165, 1.54) is 0 Å². The number of carboxylic acids is 2. The molecular weight excluding hydrogens is 344 g/mol. The van der Waals surface area contributed by atoms with Crippen LogP contribution in [0.2, 0.25) is 0 Å². The highest BCUT2D eigenvalue weighted by molar-refractivity contribution is 5.69. The number of hydrogen-bond donors (Lipinski definition) is 2. The number of nitrogens with zero attached hydrogens (tertiary/aromatic N) is 2. The molecule has 0 aliphatic carbocycles. The minimum atomic E-state index is -0.860. The van der Waals surface area contributed by atoms with Gasteiger partial charge in [0.15, 0.2) is 0 Å². The Morgan fingerprint density at radius 1 is 0.615 bits per heavy atom. The van der Waals surface area contributed by atoms with Crippen LogP contribution in [0, 0.1) is 0 Å². The second kappa shape index (κ2) is 14.9. The largest absolute Gasteiger partial charge is 0.480 e. The number of aliphatic carboxylic acids is 2. The maximum Gasteiger partial charge on any atom is 0.317 e. The highest BCUT2D eigenvalue weighted by Crippen LogP contribution is 2.01. The predicted octanol–water partition coefficient (Wildman–Crippen LogP) is -0.00670. The lowest BCUT2D eigenvalue weighted by Gasteiger charge is -2.21. The van der Waals surface area contributed by atoms with Crippen molar-refractivity contribution in [2.24, 2.45) is 0 Å². The molecule has 1 fully saturated rings. The zero-order valence-electron chi connectivity index (χ0n) is 15.4. The molecule has 152 valence electrons. The van der Waals surface area contributed by atoms with E-state index in [2.05, 4.69) is 0 Å². The van der Waals surface area contributed by atoms with Crippen molar-refractivity contribution in [3.05, 3.63) is 0 Å². The van der Waals surface area contributed by atoms with E-state index in [-0.39, 0.29) is 13.1 Å². The minimum absolute atomic E-state index is 0.0236. The molecule has 1 saturated heterocycles. The molecule has 0 aromatic carbocycles. The van der Waals surface area contributed by atoms with Gasteiger partial charge < -0.3 is 24.4 Å². The zero-order valence-corrected chi connectivity index (χ0v) is 15.4. The van der Waals surface area contributed by atoms with E-state index >= 15 is 0 Å². The van der Waals surface area contributed by atoms with Crippen LogP contribution in [0.15, 0.2) is 0 Å². The van der Waals surface area contributed by atoms with Gasteiger partial charge in [-0.25, -0.2) is 0 Å². The van der Waals surface area contributed by atoms with Crippen molar-refractivity contribution >= 4 is 11.9 Å². The van der Waals surface area contributed by atoms with Gasteiger partial charge in [-0.05, 0) is 25.8 Å². The van der Waals surface area contributed by atoms with Crippen LogP contribution in [-0.4, -0.2) is 111 Å². The highest BCUT2D eigenvalue weighted by Gasteiger charge is 2.11. The van der Waals surface area contributed by atoms with Crippen LogP contribution >= 0.6 is 0 Å². The summed E-state index contributed by atoms with van der Waals surface area (Å²) in [6.07, 6.45) is 2.77. The van der Waals surface area contributed by atoms with Crippen molar-refractivity contribution in [3.8, 4) is 0 Å². The van der Waals surface area contributed by atoms with Crippen LogP contribution in [0.3, 0.4) is 0 Å². The summed E-state index contributed by atoms with van der Waals surface area (Å²) in [6, 6.07) is 0. The normalized spacial score (nSPS) is 21.5. The Morgan fingerprint density at radius 3 is 1.58 bits per heavy atom. The summed E-state index contributed by atoms with van der Waals surface area (Å²) in [5.41, 5.74) is 0. The van der Waals surface area contributed by atoms with Gasteiger partial charge in [0.2, 0.25) is 0 Å². The third kappa shape index (κ3) is 13.0. The Balaban J connectivity index is 2.38. The van der Waals surface area contributed by atoms with Gasteiger partial charge in [-0.2, -0.15) is 0 Å². The smallest absolute Gasteiger partial charge is 0.317 e. The number of ether oxygens (including phenoxy) is 3. The first-order valence-corrected chi connectivity index (χ1v) is 9.19. The Labute approximate surface area is 154 Å². The van der Waals surface area contributed by atoms with Gasteiger partial charge in [-0.1, -0.05) is 0 Å².